The summed E-state index contributed by atoms with van der Waals surface area (Å²) in [6.45, 7) is 0.227. The Labute approximate surface area is 136 Å². The lowest BCUT2D eigenvalue weighted by molar-refractivity contribution is -0.124. The number of benzene rings is 1. The van der Waals surface area contributed by atoms with E-state index in [2.05, 4.69) is 15.6 Å². The second-order valence-corrected chi connectivity index (χ2v) is 6.25. The standard InChI is InChI=1S/C16H14FN3O2S/c17-11-4-1-3-10(7-11)9-19-14(21)8-13-15(22)20-12-5-2-6-18-16(12)23-13/h1-7,13H,8-9H2,(H,19,21)(H,20,22). The number of pyridine rings is 1. The zero-order valence-electron chi connectivity index (χ0n) is 12.1. The summed E-state index contributed by atoms with van der Waals surface area (Å²) in [6.07, 6.45) is 1.69. The van der Waals surface area contributed by atoms with Gasteiger partial charge in [0.25, 0.3) is 0 Å². The van der Waals surface area contributed by atoms with E-state index in [9.17, 15) is 14.0 Å². The van der Waals surface area contributed by atoms with Crippen molar-refractivity contribution in [3.63, 3.8) is 0 Å². The Morgan fingerprint density at radius 1 is 1.35 bits per heavy atom. The van der Waals surface area contributed by atoms with E-state index in [4.69, 9.17) is 0 Å². The highest BCUT2D eigenvalue weighted by Crippen LogP contribution is 2.34. The third-order valence-corrected chi connectivity index (χ3v) is 4.54. The van der Waals surface area contributed by atoms with Crippen LogP contribution in [-0.4, -0.2) is 22.0 Å². The lowest BCUT2D eigenvalue weighted by Crippen LogP contribution is -2.34. The van der Waals surface area contributed by atoms with Crippen LogP contribution < -0.4 is 10.6 Å². The van der Waals surface area contributed by atoms with Gasteiger partial charge in [-0.05, 0) is 29.8 Å². The van der Waals surface area contributed by atoms with Gasteiger partial charge in [0.05, 0.1) is 10.9 Å². The fraction of sp³-hybridized carbons (Fsp3) is 0.188. The van der Waals surface area contributed by atoms with Gasteiger partial charge in [-0.1, -0.05) is 23.9 Å². The number of carbonyl (C=O) groups is 2. The first-order chi connectivity index (χ1) is 11.1. The van der Waals surface area contributed by atoms with E-state index in [1.165, 1.54) is 23.9 Å². The maximum Gasteiger partial charge on any atom is 0.238 e. The molecule has 0 spiro atoms. The fourth-order valence-corrected chi connectivity index (χ4v) is 3.24. The van der Waals surface area contributed by atoms with Crippen molar-refractivity contribution in [2.24, 2.45) is 0 Å². The number of nitrogens with one attached hydrogen (secondary N) is 2. The molecule has 0 radical (unpaired) electrons. The molecule has 5 nitrogen and oxygen atoms in total. The summed E-state index contributed by atoms with van der Waals surface area (Å²) in [5, 5.41) is 5.62. The average Bonchev–Trinajstić information content (AvgIpc) is 2.54. The summed E-state index contributed by atoms with van der Waals surface area (Å²) in [5.41, 5.74) is 1.34. The van der Waals surface area contributed by atoms with Crippen LogP contribution in [0.3, 0.4) is 0 Å². The molecule has 0 saturated carbocycles. The quantitative estimate of drug-likeness (QED) is 0.902. The van der Waals surface area contributed by atoms with Crippen molar-refractivity contribution in [3.05, 3.63) is 54.0 Å². The van der Waals surface area contributed by atoms with Crippen LogP contribution in [0.4, 0.5) is 10.1 Å². The molecule has 2 N–H and O–H groups in total. The minimum Gasteiger partial charge on any atom is -0.352 e. The second kappa shape index (κ2) is 6.78. The largest absolute Gasteiger partial charge is 0.352 e. The van der Waals surface area contributed by atoms with E-state index < -0.39 is 5.25 Å². The number of amides is 2. The number of halogens is 1. The van der Waals surface area contributed by atoms with Gasteiger partial charge < -0.3 is 10.6 Å². The van der Waals surface area contributed by atoms with Crippen molar-refractivity contribution in [2.75, 3.05) is 5.32 Å². The first-order valence-electron chi connectivity index (χ1n) is 7.05. The van der Waals surface area contributed by atoms with Crippen LogP contribution in [0, 0.1) is 5.82 Å². The van der Waals surface area contributed by atoms with Gasteiger partial charge in [0, 0.05) is 19.2 Å². The van der Waals surface area contributed by atoms with Gasteiger partial charge in [-0.25, -0.2) is 9.37 Å². The van der Waals surface area contributed by atoms with Crippen LogP contribution in [0.1, 0.15) is 12.0 Å². The van der Waals surface area contributed by atoms with Crippen LogP contribution in [-0.2, 0) is 16.1 Å². The van der Waals surface area contributed by atoms with Crippen molar-refractivity contribution in [1.29, 1.82) is 0 Å². The molecule has 2 heterocycles. The predicted octanol–water partition coefficient (Wildman–Crippen LogP) is 2.34. The van der Waals surface area contributed by atoms with Gasteiger partial charge in [-0.3, -0.25) is 9.59 Å². The molecule has 1 atom stereocenters. The zero-order valence-corrected chi connectivity index (χ0v) is 12.9. The van der Waals surface area contributed by atoms with Gasteiger partial charge in [-0.2, -0.15) is 0 Å². The monoisotopic (exact) mass is 331 g/mol. The summed E-state index contributed by atoms with van der Waals surface area (Å²) in [7, 11) is 0. The molecule has 1 aliphatic rings. The summed E-state index contributed by atoms with van der Waals surface area (Å²) in [6, 6.07) is 9.54. The first kappa shape index (κ1) is 15.5. The second-order valence-electron chi connectivity index (χ2n) is 5.06. The van der Waals surface area contributed by atoms with Crippen LogP contribution in [0.15, 0.2) is 47.6 Å². The smallest absolute Gasteiger partial charge is 0.238 e. The Morgan fingerprint density at radius 3 is 3.04 bits per heavy atom. The van der Waals surface area contributed by atoms with Gasteiger partial charge in [-0.15, -0.1) is 0 Å². The van der Waals surface area contributed by atoms with Gasteiger partial charge in [0.15, 0.2) is 0 Å². The third kappa shape index (κ3) is 3.87. The Balaban J connectivity index is 1.57. The minimum absolute atomic E-state index is 0.0435. The molecular formula is C16H14FN3O2S. The minimum atomic E-state index is -0.523. The predicted molar refractivity (Wildman–Crippen MR) is 85.4 cm³/mol. The van der Waals surface area contributed by atoms with E-state index in [0.717, 1.165) is 0 Å². The Morgan fingerprint density at radius 2 is 2.22 bits per heavy atom. The number of thioether (sulfide) groups is 1. The highest BCUT2D eigenvalue weighted by atomic mass is 32.2. The molecular weight excluding hydrogens is 317 g/mol. The van der Waals surface area contributed by atoms with E-state index in [0.29, 0.717) is 16.3 Å². The number of hydrogen-bond acceptors (Lipinski definition) is 4. The topological polar surface area (TPSA) is 71.1 Å². The molecule has 1 unspecified atom stereocenters. The van der Waals surface area contributed by atoms with Crippen molar-refractivity contribution in [2.45, 2.75) is 23.2 Å². The lowest BCUT2D eigenvalue weighted by atomic mass is 10.2. The van der Waals surface area contributed by atoms with Crippen LogP contribution in [0.2, 0.25) is 0 Å². The molecule has 0 aliphatic carbocycles. The molecule has 7 heteroatoms. The zero-order chi connectivity index (χ0) is 16.2. The third-order valence-electron chi connectivity index (χ3n) is 3.32. The van der Waals surface area contributed by atoms with Crippen molar-refractivity contribution < 1.29 is 14.0 Å². The van der Waals surface area contributed by atoms with Crippen molar-refractivity contribution in [3.8, 4) is 0 Å². The van der Waals surface area contributed by atoms with Crippen molar-refractivity contribution in [1.82, 2.24) is 10.3 Å². The average molecular weight is 331 g/mol. The molecule has 23 heavy (non-hydrogen) atoms. The lowest BCUT2D eigenvalue weighted by Gasteiger charge is -2.22. The number of nitrogens with zero attached hydrogens (tertiary/aromatic N) is 1. The highest BCUT2D eigenvalue weighted by molar-refractivity contribution is 8.00. The normalized spacial score (nSPS) is 16.4. The van der Waals surface area contributed by atoms with Gasteiger partial charge in [0.1, 0.15) is 10.8 Å². The Kier molecular flexibility index (Phi) is 4.57. The van der Waals surface area contributed by atoms with Crippen LogP contribution >= 0.6 is 11.8 Å². The van der Waals surface area contributed by atoms with Crippen molar-refractivity contribution >= 4 is 29.3 Å². The molecule has 118 valence electrons. The number of rotatable bonds is 4. The van der Waals surface area contributed by atoms with E-state index in [1.807, 2.05) is 0 Å². The molecule has 0 bridgehead atoms. The number of anilines is 1. The SMILES string of the molecule is O=C(CC1Sc2ncccc2NC1=O)NCc1cccc(F)c1. The number of fused-ring (bicyclic) bond motifs is 1. The summed E-state index contributed by atoms with van der Waals surface area (Å²) in [5.74, 6) is -0.820. The highest BCUT2D eigenvalue weighted by Gasteiger charge is 2.29. The first-order valence-corrected chi connectivity index (χ1v) is 7.93. The summed E-state index contributed by atoms with van der Waals surface area (Å²) < 4.78 is 13.1. The maximum absolute atomic E-state index is 13.1. The molecule has 1 aliphatic heterocycles. The van der Waals surface area contributed by atoms with Gasteiger partial charge >= 0.3 is 0 Å². The Bertz CT molecular complexity index is 754. The van der Waals surface area contributed by atoms with Crippen LogP contribution in [0.25, 0.3) is 0 Å². The van der Waals surface area contributed by atoms with Gasteiger partial charge in [0.2, 0.25) is 11.8 Å². The van der Waals surface area contributed by atoms with E-state index in [-0.39, 0.29) is 30.6 Å². The fourth-order valence-electron chi connectivity index (χ4n) is 2.20. The number of carbonyl (C=O) groups excluding carboxylic acids is 2. The molecule has 3 rings (SSSR count). The molecule has 1 aromatic carbocycles. The van der Waals surface area contributed by atoms with E-state index >= 15 is 0 Å². The van der Waals surface area contributed by atoms with Crippen LogP contribution in [0.5, 0.6) is 0 Å². The molecule has 0 saturated heterocycles. The number of aromatic nitrogens is 1. The summed E-state index contributed by atoms with van der Waals surface area (Å²) in [4.78, 5) is 28.2. The van der Waals surface area contributed by atoms with E-state index in [1.54, 1.807) is 30.5 Å². The maximum atomic E-state index is 13.1. The molecule has 2 aromatic rings. The molecule has 0 fully saturated rings. The Hall–Kier alpha value is -2.41. The number of hydrogen-bond donors (Lipinski definition) is 2. The molecule has 2 amide bonds. The summed E-state index contributed by atoms with van der Waals surface area (Å²) >= 11 is 1.27. The molecule has 1 aromatic heterocycles.